The van der Waals surface area contributed by atoms with Crippen molar-refractivity contribution in [2.45, 2.75) is 75.4 Å². The Morgan fingerprint density at radius 3 is 2.27 bits per heavy atom. The monoisotopic (exact) mass is 720 g/mol. The molecule has 1 aliphatic heterocycles. The molecule has 1 unspecified atom stereocenters. The van der Waals surface area contributed by atoms with Crippen LogP contribution >= 0.6 is 0 Å². The molecule has 1 aliphatic carbocycles. The van der Waals surface area contributed by atoms with Gasteiger partial charge in [-0.25, -0.2) is 31.4 Å². The van der Waals surface area contributed by atoms with E-state index in [-0.39, 0.29) is 47.0 Å². The van der Waals surface area contributed by atoms with Gasteiger partial charge in [0.15, 0.2) is 5.82 Å². The van der Waals surface area contributed by atoms with Crippen LogP contribution in [0.15, 0.2) is 42.5 Å². The van der Waals surface area contributed by atoms with Crippen molar-refractivity contribution in [1.82, 2.24) is 20.2 Å². The molecule has 2 atom stereocenters. The molecule has 5 rings (SSSR count). The zero-order chi connectivity index (χ0) is 35.8. The Hall–Kier alpha value is -3.89. The molecule has 2 N–H and O–H groups in total. The number of fused-ring (bicyclic) bond motifs is 1. The molecule has 0 bridgehead atoms. The van der Waals surface area contributed by atoms with Gasteiger partial charge in [0.05, 0.1) is 36.3 Å². The molecular formula is C32H35F7N4O5S. The number of hydrogen-bond acceptors (Lipinski definition) is 6. The third-order valence-corrected chi connectivity index (χ3v) is 10.8. The van der Waals surface area contributed by atoms with Crippen LogP contribution in [0, 0.1) is 11.7 Å². The van der Waals surface area contributed by atoms with Crippen molar-refractivity contribution in [3.05, 3.63) is 65.2 Å². The summed E-state index contributed by atoms with van der Waals surface area (Å²) < 4.78 is 130. The van der Waals surface area contributed by atoms with Gasteiger partial charge in [-0.2, -0.15) is 17.6 Å². The van der Waals surface area contributed by atoms with E-state index in [0.29, 0.717) is 5.56 Å². The van der Waals surface area contributed by atoms with Gasteiger partial charge in [0.1, 0.15) is 27.8 Å². The first kappa shape index (κ1) is 36.4. The fourth-order valence-corrected chi connectivity index (χ4v) is 7.07. The van der Waals surface area contributed by atoms with Crippen molar-refractivity contribution in [1.29, 1.82) is 0 Å². The van der Waals surface area contributed by atoms with Crippen LogP contribution in [0.4, 0.5) is 35.5 Å². The number of aromatic amines is 1. The maximum atomic E-state index is 16.3. The number of H-pyrrole nitrogens is 1. The highest BCUT2D eigenvalue weighted by atomic mass is 32.2. The molecule has 2 aromatic carbocycles. The lowest BCUT2D eigenvalue weighted by Gasteiger charge is -2.33. The topological polar surface area (TPSA) is 121 Å². The molecule has 1 saturated carbocycles. The predicted molar refractivity (Wildman–Crippen MR) is 164 cm³/mol. The van der Waals surface area contributed by atoms with Crippen LogP contribution in [-0.2, 0) is 26.0 Å². The van der Waals surface area contributed by atoms with Crippen molar-refractivity contribution in [2.24, 2.45) is 5.92 Å². The fourth-order valence-electron chi connectivity index (χ4n) is 6.19. The molecular weight excluding hydrogens is 685 g/mol. The zero-order valence-electron chi connectivity index (χ0n) is 26.3. The summed E-state index contributed by atoms with van der Waals surface area (Å²) in [6, 6.07) is 10.1. The Morgan fingerprint density at radius 2 is 1.65 bits per heavy atom. The maximum absolute atomic E-state index is 16.3. The minimum atomic E-state index is -4.55. The number of nitrogens with one attached hydrogen (secondary N) is 2. The van der Waals surface area contributed by atoms with Gasteiger partial charge in [0.2, 0.25) is 11.8 Å². The van der Waals surface area contributed by atoms with Crippen molar-refractivity contribution < 1.29 is 53.5 Å². The van der Waals surface area contributed by atoms with Crippen LogP contribution in [0.3, 0.4) is 0 Å². The standard InChI is InChI=1S/C32H35F7N4O5S/c1-2-49(46,47)15-12-22(28(44)43-17-31(36,37)32(38,39)18-43)21-8-9-23-26(24(21)33)41-27(40-23)25(20-10-13-30(34,35)14-11-20)42-29(45)48-16-19-6-4-3-5-7-19/h3-9,20,22,25H,2,10-18H2,1H3,(H,40,41)(H,42,45)/t22?,25-/m0/s1. The number of sulfone groups is 1. The molecule has 2 aliphatic rings. The molecule has 1 saturated heterocycles. The summed E-state index contributed by atoms with van der Waals surface area (Å²) in [6.45, 7) is -2.04. The Morgan fingerprint density at radius 1 is 1.02 bits per heavy atom. The zero-order valence-corrected chi connectivity index (χ0v) is 27.2. The second kappa shape index (κ2) is 13.8. The number of aromatic nitrogens is 2. The average Bonchev–Trinajstić information content (AvgIpc) is 3.57. The first-order valence-electron chi connectivity index (χ1n) is 15.7. The summed E-state index contributed by atoms with van der Waals surface area (Å²) in [5, 5.41) is 2.64. The Kier molecular flexibility index (Phi) is 10.2. The third kappa shape index (κ3) is 8.13. The summed E-state index contributed by atoms with van der Waals surface area (Å²) in [7, 11) is -3.76. The van der Waals surface area contributed by atoms with Gasteiger partial charge in [-0.1, -0.05) is 43.3 Å². The lowest BCUT2D eigenvalue weighted by atomic mass is 9.82. The number of alkyl carbamates (subject to hydrolysis) is 1. The number of imidazole rings is 1. The van der Waals surface area contributed by atoms with Crippen molar-refractivity contribution in [3.63, 3.8) is 0 Å². The molecule has 268 valence electrons. The van der Waals surface area contributed by atoms with Gasteiger partial charge >= 0.3 is 17.9 Å². The Labute approximate surface area is 277 Å². The highest BCUT2D eigenvalue weighted by molar-refractivity contribution is 7.91. The highest BCUT2D eigenvalue weighted by Gasteiger charge is 2.64. The van der Waals surface area contributed by atoms with Crippen LogP contribution in [0.5, 0.6) is 0 Å². The summed E-state index contributed by atoms with van der Waals surface area (Å²) in [4.78, 5) is 33.7. The van der Waals surface area contributed by atoms with Gasteiger partial charge in [-0.05, 0) is 36.8 Å². The van der Waals surface area contributed by atoms with Crippen molar-refractivity contribution in [3.8, 4) is 0 Å². The first-order chi connectivity index (χ1) is 22.9. The molecule has 3 aromatic rings. The van der Waals surface area contributed by atoms with Crippen LogP contribution in [0.1, 0.15) is 67.9 Å². The number of amides is 2. The fraction of sp³-hybridized carbons (Fsp3) is 0.531. The van der Waals surface area contributed by atoms with E-state index in [1.165, 1.54) is 13.0 Å². The van der Waals surface area contributed by atoms with E-state index in [2.05, 4.69) is 15.3 Å². The summed E-state index contributed by atoms with van der Waals surface area (Å²) in [6.07, 6.45) is -2.45. The van der Waals surface area contributed by atoms with Crippen LogP contribution < -0.4 is 5.32 Å². The number of alkyl halides is 6. The minimum absolute atomic E-state index is 0.0189. The van der Waals surface area contributed by atoms with Crippen LogP contribution in [-0.4, -0.2) is 77.6 Å². The van der Waals surface area contributed by atoms with Gasteiger partial charge in [-0.15, -0.1) is 0 Å². The summed E-state index contributed by atoms with van der Waals surface area (Å²) in [5.74, 6) is -17.8. The van der Waals surface area contributed by atoms with Gasteiger partial charge in [0.25, 0.3) is 0 Å². The molecule has 0 radical (unpaired) electrons. The second-order valence-electron chi connectivity index (χ2n) is 12.5. The highest BCUT2D eigenvalue weighted by Crippen LogP contribution is 2.44. The van der Waals surface area contributed by atoms with E-state index in [4.69, 9.17) is 4.74 Å². The molecule has 2 fully saturated rings. The maximum Gasteiger partial charge on any atom is 0.408 e. The van der Waals surface area contributed by atoms with Crippen LogP contribution in [0.2, 0.25) is 0 Å². The van der Waals surface area contributed by atoms with Crippen LogP contribution in [0.25, 0.3) is 11.0 Å². The number of rotatable bonds is 11. The molecule has 49 heavy (non-hydrogen) atoms. The van der Waals surface area contributed by atoms with Gasteiger partial charge in [0, 0.05) is 24.2 Å². The molecule has 9 nitrogen and oxygen atoms in total. The lowest BCUT2D eigenvalue weighted by Crippen LogP contribution is -2.38. The van der Waals surface area contributed by atoms with Gasteiger partial charge < -0.3 is 19.9 Å². The number of benzene rings is 2. The van der Waals surface area contributed by atoms with Crippen molar-refractivity contribution in [2.75, 3.05) is 24.6 Å². The molecule has 2 amide bonds. The lowest BCUT2D eigenvalue weighted by molar-refractivity contribution is -0.172. The number of carbonyl (C=O) groups is 2. The van der Waals surface area contributed by atoms with E-state index in [1.807, 2.05) is 0 Å². The van der Waals surface area contributed by atoms with E-state index in [1.54, 1.807) is 30.3 Å². The van der Waals surface area contributed by atoms with E-state index >= 15 is 4.39 Å². The number of ether oxygens (including phenoxy) is 1. The summed E-state index contributed by atoms with van der Waals surface area (Å²) in [5.41, 5.74) is -0.105. The normalized spacial score (nSPS) is 20.2. The van der Waals surface area contributed by atoms with E-state index < -0.39 is 107 Å². The number of halogens is 7. The first-order valence-corrected chi connectivity index (χ1v) is 17.5. The molecule has 0 spiro atoms. The second-order valence-corrected chi connectivity index (χ2v) is 15.0. The van der Waals surface area contributed by atoms with E-state index in [9.17, 15) is 44.3 Å². The quantitative estimate of drug-likeness (QED) is 0.218. The van der Waals surface area contributed by atoms with Crippen molar-refractivity contribution >= 4 is 32.9 Å². The number of likely N-dealkylation sites (tertiary alicyclic amines) is 1. The average molecular weight is 721 g/mol. The number of nitrogens with zero attached hydrogens (tertiary/aromatic N) is 2. The Bertz CT molecular complexity index is 1760. The number of hydrogen-bond donors (Lipinski definition) is 2. The predicted octanol–water partition coefficient (Wildman–Crippen LogP) is 6.52. The minimum Gasteiger partial charge on any atom is -0.445 e. The smallest absolute Gasteiger partial charge is 0.408 e. The Balaban J connectivity index is 1.47. The summed E-state index contributed by atoms with van der Waals surface area (Å²) >= 11 is 0. The SMILES string of the molecule is CCS(=O)(=O)CCC(C(=O)N1CC(F)(F)C(F)(F)C1)c1ccc2[nH]c([C@@H](NC(=O)OCc3ccccc3)C3CCC(F)(F)CC3)nc2c1F. The third-order valence-electron chi connectivity index (χ3n) is 9.11. The molecule has 17 heteroatoms. The largest absolute Gasteiger partial charge is 0.445 e. The molecule has 1 aromatic heterocycles. The van der Waals surface area contributed by atoms with E-state index in [0.717, 1.165) is 6.07 Å². The van der Waals surface area contributed by atoms with Gasteiger partial charge in [-0.3, -0.25) is 4.79 Å². The molecule has 2 heterocycles. The number of carbonyl (C=O) groups excluding carboxylic acids is 2.